The molecule has 0 radical (unpaired) electrons. The second-order valence-corrected chi connectivity index (χ2v) is 4.32. The van der Waals surface area contributed by atoms with E-state index in [1.807, 2.05) is 31.2 Å². The molecule has 5 nitrogen and oxygen atoms in total. The van der Waals surface area contributed by atoms with Crippen LogP contribution in [0.5, 0.6) is 0 Å². The Kier molecular flexibility index (Phi) is 3.23. The molecule has 0 saturated heterocycles. The van der Waals surface area contributed by atoms with Crippen molar-refractivity contribution in [3.63, 3.8) is 0 Å². The topological polar surface area (TPSA) is 47.2 Å². The minimum atomic E-state index is -0.158. The Labute approximate surface area is 105 Å². The van der Waals surface area contributed by atoms with E-state index in [0.717, 1.165) is 11.0 Å². The first-order chi connectivity index (χ1) is 8.56. The summed E-state index contributed by atoms with van der Waals surface area (Å²) in [5.74, 6) is -0.0593. The van der Waals surface area contributed by atoms with E-state index in [1.165, 1.54) is 4.57 Å². The van der Waals surface area contributed by atoms with Crippen LogP contribution in [0.3, 0.4) is 0 Å². The molecule has 0 aliphatic carbocycles. The molecule has 1 aromatic carbocycles. The average Bonchev–Trinajstić information content (AvgIpc) is 2.63. The van der Waals surface area contributed by atoms with E-state index < -0.39 is 0 Å². The predicted molar refractivity (Wildman–Crippen MR) is 70.5 cm³/mol. The number of aromatic nitrogens is 2. The minimum absolute atomic E-state index is 0.0593. The van der Waals surface area contributed by atoms with Gasteiger partial charge in [-0.05, 0) is 19.1 Å². The minimum Gasteiger partial charge on any atom is -0.344 e. The third-order valence-electron chi connectivity index (χ3n) is 3.25. The molecule has 1 aromatic heterocycles. The number of hydrogen-bond acceptors (Lipinski definition) is 2. The van der Waals surface area contributed by atoms with Crippen LogP contribution in [0.2, 0.25) is 0 Å². The van der Waals surface area contributed by atoms with Crippen molar-refractivity contribution >= 4 is 16.9 Å². The zero-order valence-electron chi connectivity index (χ0n) is 10.9. The van der Waals surface area contributed by atoms with Gasteiger partial charge in [-0.2, -0.15) is 0 Å². The predicted octanol–water partition coefficient (Wildman–Crippen LogP) is 0.818. The SMILES string of the molecule is CCN(C)C(=O)Cn1c(=O)n(C)c2ccccc21. The maximum atomic E-state index is 12.1. The molecule has 18 heavy (non-hydrogen) atoms. The number of hydrogen-bond donors (Lipinski definition) is 0. The normalized spacial score (nSPS) is 10.8. The lowest BCUT2D eigenvalue weighted by Crippen LogP contribution is -2.33. The van der Waals surface area contributed by atoms with Gasteiger partial charge in [0.2, 0.25) is 5.91 Å². The maximum Gasteiger partial charge on any atom is 0.329 e. The molecular formula is C13H17N3O2. The van der Waals surface area contributed by atoms with Gasteiger partial charge in [0.15, 0.2) is 0 Å². The smallest absolute Gasteiger partial charge is 0.329 e. The number of carbonyl (C=O) groups is 1. The zero-order chi connectivity index (χ0) is 13.3. The number of likely N-dealkylation sites (N-methyl/N-ethyl adjacent to an activating group) is 1. The van der Waals surface area contributed by atoms with Crippen molar-refractivity contribution in [2.24, 2.45) is 7.05 Å². The number of imidazole rings is 1. The molecule has 2 aromatic rings. The van der Waals surface area contributed by atoms with Crippen LogP contribution in [-0.4, -0.2) is 33.5 Å². The molecule has 1 heterocycles. The van der Waals surface area contributed by atoms with Crippen LogP contribution in [-0.2, 0) is 18.4 Å². The number of nitrogens with zero attached hydrogens (tertiary/aromatic N) is 3. The molecule has 0 aliphatic heterocycles. The van der Waals surface area contributed by atoms with Gasteiger partial charge in [0.1, 0.15) is 6.54 Å². The van der Waals surface area contributed by atoms with E-state index in [-0.39, 0.29) is 18.1 Å². The van der Waals surface area contributed by atoms with Crippen molar-refractivity contribution in [2.45, 2.75) is 13.5 Å². The zero-order valence-corrected chi connectivity index (χ0v) is 10.9. The lowest BCUT2D eigenvalue weighted by Gasteiger charge is -2.14. The van der Waals surface area contributed by atoms with E-state index >= 15 is 0 Å². The van der Waals surface area contributed by atoms with Crippen LogP contribution in [0.1, 0.15) is 6.92 Å². The van der Waals surface area contributed by atoms with Gasteiger partial charge in [0.25, 0.3) is 0 Å². The van der Waals surface area contributed by atoms with E-state index in [0.29, 0.717) is 6.54 Å². The first-order valence-electron chi connectivity index (χ1n) is 5.94. The summed E-state index contributed by atoms with van der Waals surface area (Å²) >= 11 is 0. The Hall–Kier alpha value is -2.04. The Bertz CT molecular complexity index is 639. The quantitative estimate of drug-likeness (QED) is 0.806. The number of benzene rings is 1. The summed E-state index contributed by atoms with van der Waals surface area (Å²) in [6.45, 7) is 2.63. The summed E-state index contributed by atoms with van der Waals surface area (Å²) in [6.07, 6.45) is 0. The van der Waals surface area contributed by atoms with Crippen molar-refractivity contribution in [1.29, 1.82) is 0 Å². The molecule has 5 heteroatoms. The number of carbonyl (C=O) groups excluding carboxylic acids is 1. The summed E-state index contributed by atoms with van der Waals surface area (Å²) in [5.41, 5.74) is 1.48. The molecule has 0 bridgehead atoms. The highest BCUT2D eigenvalue weighted by molar-refractivity contribution is 5.80. The number of amides is 1. The fourth-order valence-corrected chi connectivity index (χ4v) is 1.95. The molecule has 0 saturated carbocycles. The third kappa shape index (κ3) is 1.92. The maximum absolute atomic E-state index is 12.1. The molecule has 1 amide bonds. The Morgan fingerprint density at radius 2 is 1.89 bits per heavy atom. The molecule has 2 rings (SSSR count). The second kappa shape index (κ2) is 4.68. The molecule has 0 unspecified atom stereocenters. The van der Waals surface area contributed by atoms with Crippen molar-refractivity contribution < 1.29 is 4.79 Å². The van der Waals surface area contributed by atoms with Crippen LogP contribution in [0.25, 0.3) is 11.0 Å². The summed E-state index contributed by atoms with van der Waals surface area (Å²) in [5, 5.41) is 0. The lowest BCUT2D eigenvalue weighted by atomic mass is 10.3. The number of rotatable bonds is 3. The Morgan fingerprint density at radius 1 is 1.28 bits per heavy atom. The molecule has 0 fully saturated rings. The Morgan fingerprint density at radius 3 is 2.50 bits per heavy atom. The van der Waals surface area contributed by atoms with Crippen molar-refractivity contribution in [3.05, 3.63) is 34.7 Å². The van der Waals surface area contributed by atoms with E-state index in [1.54, 1.807) is 23.6 Å². The van der Waals surface area contributed by atoms with E-state index in [9.17, 15) is 9.59 Å². The largest absolute Gasteiger partial charge is 0.344 e. The van der Waals surface area contributed by atoms with Gasteiger partial charge in [0.05, 0.1) is 11.0 Å². The first kappa shape index (κ1) is 12.4. The standard InChI is InChI=1S/C13H17N3O2/c1-4-14(2)12(17)9-16-11-8-6-5-7-10(11)15(3)13(16)18/h5-8H,4,9H2,1-3H3. The highest BCUT2D eigenvalue weighted by Gasteiger charge is 2.14. The van der Waals surface area contributed by atoms with Crippen LogP contribution in [0.4, 0.5) is 0 Å². The summed E-state index contributed by atoms with van der Waals surface area (Å²) in [6, 6.07) is 7.48. The fraction of sp³-hybridized carbons (Fsp3) is 0.385. The third-order valence-corrected chi connectivity index (χ3v) is 3.25. The van der Waals surface area contributed by atoms with Gasteiger partial charge in [-0.1, -0.05) is 12.1 Å². The number of para-hydroxylation sites is 2. The molecule has 96 valence electrons. The van der Waals surface area contributed by atoms with E-state index in [4.69, 9.17) is 0 Å². The van der Waals surface area contributed by atoms with Crippen LogP contribution >= 0.6 is 0 Å². The molecule has 0 spiro atoms. The van der Waals surface area contributed by atoms with Gasteiger partial charge < -0.3 is 4.90 Å². The van der Waals surface area contributed by atoms with Gasteiger partial charge in [-0.25, -0.2) is 4.79 Å². The number of aryl methyl sites for hydroxylation is 1. The second-order valence-electron chi connectivity index (χ2n) is 4.32. The average molecular weight is 247 g/mol. The highest BCUT2D eigenvalue weighted by Crippen LogP contribution is 2.11. The molecular weight excluding hydrogens is 230 g/mol. The van der Waals surface area contributed by atoms with Crippen LogP contribution in [0, 0.1) is 0 Å². The Balaban J connectivity index is 2.49. The fourth-order valence-electron chi connectivity index (χ4n) is 1.95. The molecule has 0 atom stereocenters. The van der Waals surface area contributed by atoms with Crippen molar-refractivity contribution in [2.75, 3.05) is 13.6 Å². The summed E-state index contributed by atoms with van der Waals surface area (Å²) in [7, 11) is 3.45. The van der Waals surface area contributed by atoms with Crippen LogP contribution < -0.4 is 5.69 Å². The highest BCUT2D eigenvalue weighted by atomic mass is 16.2. The molecule has 0 N–H and O–H groups in total. The van der Waals surface area contributed by atoms with Gasteiger partial charge in [-0.3, -0.25) is 13.9 Å². The summed E-state index contributed by atoms with van der Waals surface area (Å²) in [4.78, 5) is 25.6. The first-order valence-corrected chi connectivity index (χ1v) is 5.94. The monoisotopic (exact) mass is 247 g/mol. The number of fused-ring (bicyclic) bond motifs is 1. The van der Waals surface area contributed by atoms with Crippen molar-refractivity contribution in [3.8, 4) is 0 Å². The van der Waals surface area contributed by atoms with Gasteiger partial charge >= 0.3 is 5.69 Å². The summed E-state index contributed by atoms with van der Waals surface area (Å²) < 4.78 is 3.08. The van der Waals surface area contributed by atoms with Crippen molar-refractivity contribution in [1.82, 2.24) is 14.0 Å². The van der Waals surface area contributed by atoms with Gasteiger partial charge in [-0.15, -0.1) is 0 Å². The van der Waals surface area contributed by atoms with E-state index in [2.05, 4.69) is 0 Å². The van der Waals surface area contributed by atoms with Crippen LogP contribution in [0.15, 0.2) is 29.1 Å². The molecule has 0 aliphatic rings. The lowest BCUT2D eigenvalue weighted by molar-refractivity contribution is -0.130. The van der Waals surface area contributed by atoms with Gasteiger partial charge in [0, 0.05) is 20.6 Å².